The number of hydrogen-bond donors (Lipinski definition) is 0. The molecule has 0 bridgehead atoms. The van der Waals surface area contributed by atoms with E-state index in [0.29, 0.717) is 4.71 Å². The number of rotatable bonds is 3. The maximum absolute atomic E-state index is 2.35. The third-order valence-electron chi connectivity index (χ3n) is 3.09. The van der Waals surface area contributed by atoms with Crippen molar-refractivity contribution in [1.29, 1.82) is 0 Å². The number of hydrogen-bond acceptors (Lipinski definition) is 0. The summed E-state index contributed by atoms with van der Waals surface area (Å²) in [5, 5.41) is 0. The third-order valence-corrected chi connectivity index (χ3v) is 8.65. The van der Waals surface area contributed by atoms with Crippen LogP contribution in [0.3, 0.4) is 0 Å². The Morgan fingerprint density at radius 1 is 0.611 bits per heavy atom. The molecule has 0 aromatic heterocycles. The quantitative estimate of drug-likeness (QED) is 0.764. The van der Waals surface area contributed by atoms with E-state index in [1.54, 1.807) is 0 Å². The van der Waals surface area contributed by atoms with Crippen LogP contribution in [0, 0.1) is 0 Å². The van der Waals surface area contributed by atoms with Crippen molar-refractivity contribution in [2.75, 3.05) is 0 Å². The molecule has 0 saturated carbocycles. The molecule has 0 saturated heterocycles. The fourth-order valence-corrected chi connectivity index (χ4v) is 7.54. The van der Waals surface area contributed by atoms with Crippen molar-refractivity contribution >= 4 is 23.4 Å². The van der Waals surface area contributed by atoms with Crippen molar-refractivity contribution in [2.24, 2.45) is 0 Å². The van der Waals surface area contributed by atoms with E-state index in [4.69, 9.17) is 0 Å². The SMILES string of the molecule is C1=CC([As](c2ccccc2)c2ccccc2)C=C1. The summed E-state index contributed by atoms with van der Waals surface area (Å²) in [5.74, 6) is 0. The van der Waals surface area contributed by atoms with Crippen LogP contribution in [0.1, 0.15) is 0 Å². The molecule has 3 rings (SSSR count). The minimum absolute atomic E-state index is 0.613. The van der Waals surface area contributed by atoms with Gasteiger partial charge in [0.25, 0.3) is 0 Å². The van der Waals surface area contributed by atoms with Gasteiger partial charge in [0.15, 0.2) is 0 Å². The van der Waals surface area contributed by atoms with Gasteiger partial charge in [-0.25, -0.2) is 0 Å². The second-order valence-electron chi connectivity index (χ2n) is 4.30. The number of benzene rings is 2. The molecule has 1 aliphatic rings. The molecular weight excluding hydrogens is 279 g/mol. The van der Waals surface area contributed by atoms with E-state index in [-0.39, 0.29) is 0 Å². The van der Waals surface area contributed by atoms with Crippen LogP contribution in [0.4, 0.5) is 0 Å². The number of allylic oxidation sites excluding steroid dienone is 4. The molecule has 0 heterocycles. The summed E-state index contributed by atoms with van der Waals surface area (Å²) in [7, 11) is 0. The summed E-state index contributed by atoms with van der Waals surface area (Å²) >= 11 is -1.26. The van der Waals surface area contributed by atoms with Gasteiger partial charge in [0.1, 0.15) is 0 Å². The topological polar surface area (TPSA) is 0 Å². The van der Waals surface area contributed by atoms with Crippen molar-refractivity contribution in [2.45, 2.75) is 4.71 Å². The Bertz CT molecular complexity index is 503. The van der Waals surface area contributed by atoms with E-state index in [1.165, 1.54) is 8.70 Å². The van der Waals surface area contributed by atoms with Crippen LogP contribution in [0.5, 0.6) is 0 Å². The molecule has 0 radical (unpaired) electrons. The zero-order valence-electron chi connectivity index (χ0n) is 10.1. The van der Waals surface area contributed by atoms with Gasteiger partial charge in [-0.15, -0.1) is 0 Å². The van der Waals surface area contributed by atoms with E-state index in [2.05, 4.69) is 85.0 Å². The van der Waals surface area contributed by atoms with Crippen molar-refractivity contribution in [3.63, 3.8) is 0 Å². The molecule has 0 unspecified atom stereocenters. The molecule has 0 nitrogen and oxygen atoms in total. The van der Waals surface area contributed by atoms with Crippen LogP contribution < -0.4 is 8.70 Å². The van der Waals surface area contributed by atoms with E-state index < -0.39 is 14.7 Å². The molecule has 1 heteroatoms. The average molecular weight is 294 g/mol. The molecule has 0 amide bonds. The molecule has 0 N–H and O–H groups in total. The van der Waals surface area contributed by atoms with Crippen LogP contribution in [-0.4, -0.2) is 14.7 Å². The predicted octanol–water partition coefficient (Wildman–Crippen LogP) is 2.79. The van der Waals surface area contributed by atoms with Crippen molar-refractivity contribution in [3.8, 4) is 0 Å². The summed E-state index contributed by atoms with van der Waals surface area (Å²) in [5.41, 5.74) is 0. The molecule has 2 aromatic rings. The Hall–Kier alpha value is -1.52. The van der Waals surface area contributed by atoms with Crippen LogP contribution >= 0.6 is 0 Å². The Kier molecular flexibility index (Phi) is 3.48. The Labute approximate surface area is 113 Å². The molecule has 0 atom stereocenters. The first-order valence-corrected chi connectivity index (χ1v) is 9.15. The average Bonchev–Trinajstić information content (AvgIpc) is 2.95. The summed E-state index contributed by atoms with van der Waals surface area (Å²) in [6, 6.07) is 22.0. The maximum atomic E-state index is 2.35. The fraction of sp³-hybridized carbons (Fsp3) is 0.0588. The van der Waals surface area contributed by atoms with Gasteiger partial charge in [-0.2, -0.15) is 0 Å². The van der Waals surface area contributed by atoms with Gasteiger partial charge in [0, 0.05) is 0 Å². The Morgan fingerprint density at radius 2 is 1.06 bits per heavy atom. The van der Waals surface area contributed by atoms with Gasteiger partial charge in [-0.05, 0) is 0 Å². The van der Waals surface area contributed by atoms with Gasteiger partial charge < -0.3 is 0 Å². The van der Waals surface area contributed by atoms with Crippen LogP contribution in [-0.2, 0) is 0 Å². The first-order chi connectivity index (χ1) is 8.95. The molecule has 88 valence electrons. The molecule has 2 aromatic carbocycles. The summed E-state index contributed by atoms with van der Waals surface area (Å²) in [4.78, 5) is 0. The zero-order valence-corrected chi connectivity index (χ0v) is 12.0. The fourth-order valence-electron chi connectivity index (χ4n) is 2.26. The summed E-state index contributed by atoms with van der Waals surface area (Å²) in [6.07, 6.45) is 9.05. The van der Waals surface area contributed by atoms with Crippen LogP contribution in [0.25, 0.3) is 0 Å². The van der Waals surface area contributed by atoms with Crippen LogP contribution in [0.15, 0.2) is 85.0 Å². The Balaban J connectivity index is 2.04. The van der Waals surface area contributed by atoms with Crippen molar-refractivity contribution in [1.82, 2.24) is 0 Å². The van der Waals surface area contributed by atoms with E-state index in [1.807, 2.05) is 0 Å². The first kappa shape index (κ1) is 11.6. The van der Waals surface area contributed by atoms with Gasteiger partial charge in [0.2, 0.25) is 0 Å². The van der Waals surface area contributed by atoms with E-state index in [0.717, 1.165) is 0 Å². The third kappa shape index (κ3) is 2.35. The van der Waals surface area contributed by atoms with E-state index >= 15 is 0 Å². The van der Waals surface area contributed by atoms with Gasteiger partial charge in [0.05, 0.1) is 0 Å². The Morgan fingerprint density at radius 3 is 1.50 bits per heavy atom. The van der Waals surface area contributed by atoms with Gasteiger partial charge in [-0.1, -0.05) is 0 Å². The molecular formula is C17H15As. The monoisotopic (exact) mass is 294 g/mol. The molecule has 1 aliphatic carbocycles. The zero-order chi connectivity index (χ0) is 12.2. The van der Waals surface area contributed by atoms with Crippen LogP contribution in [0.2, 0.25) is 4.71 Å². The first-order valence-electron chi connectivity index (χ1n) is 6.19. The predicted molar refractivity (Wildman–Crippen MR) is 79.9 cm³/mol. The minimum atomic E-state index is -1.26. The molecule has 0 aliphatic heterocycles. The van der Waals surface area contributed by atoms with Gasteiger partial charge >= 0.3 is 113 Å². The summed E-state index contributed by atoms with van der Waals surface area (Å²) < 4.78 is 3.66. The molecule has 0 spiro atoms. The van der Waals surface area contributed by atoms with Crippen molar-refractivity contribution < 1.29 is 0 Å². The standard InChI is InChI=1S/C17H15As/c1-3-9-15(10-4-1)18(17-13-7-8-14-17)16-11-5-2-6-12-16/h1-14,17H. The molecule has 0 fully saturated rings. The van der Waals surface area contributed by atoms with Crippen molar-refractivity contribution in [3.05, 3.63) is 85.0 Å². The normalized spacial score (nSPS) is 14.5. The van der Waals surface area contributed by atoms with Gasteiger partial charge in [-0.3, -0.25) is 0 Å². The summed E-state index contributed by atoms with van der Waals surface area (Å²) in [6.45, 7) is 0. The molecule has 18 heavy (non-hydrogen) atoms. The second-order valence-corrected chi connectivity index (χ2v) is 9.27. The van der Waals surface area contributed by atoms with E-state index in [9.17, 15) is 0 Å². The second kappa shape index (κ2) is 5.42.